The highest BCUT2D eigenvalue weighted by Crippen LogP contribution is 2.34. The summed E-state index contributed by atoms with van der Waals surface area (Å²) in [7, 11) is 0. The number of para-hydroxylation sites is 1. The van der Waals surface area contributed by atoms with Gasteiger partial charge in [-0.15, -0.1) is 0 Å². The van der Waals surface area contributed by atoms with Crippen LogP contribution in [0.15, 0.2) is 79.5 Å². The van der Waals surface area contributed by atoms with Crippen LogP contribution in [0, 0.1) is 6.92 Å². The van der Waals surface area contributed by atoms with Crippen LogP contribution in [0.4, 0.5) is 23.1 Å². The molecule has 2 aromatic carbocycles. The first-order chi connectivity index (χ1) is 14.9. The van der Waals surface area contributed by atoms with Crippen molar-refractivity contribution in [3.8, 4) is 0 Å². The molecular weight excluding hydrogens is 384 g/mol. The second-order valence-corrected chi connectivity index (χ2v) is 8.60. The highest BCUT2D eigenvalue weighted by Gasteiger charge is 2.26. The molecule has 1 N–H and O–H groups in total. The third kappa shape index (κ3) is 4.91. The lowest BCUT2D eigenvalue weighted by Crippen LogP contribution is -2.38. The third-order valence-corrected chi connectivity index (χ3v) is 4.98. The summed E-state index contributed by atoms with van der Waals surface area (Å²) >= 11 is 0. The van der Waals surface area contributed by atoms with Gasteiger partial charge in [0.1, 0.15) is 5.82 Å². The molecule has 0 spiro atoms. The van der Waals surface area contributed by atoms with E-state index in [1.165, 1.54) is 5.56 Å². The monoisotopic (exact) mass is 412 g/mol. The van der Waals surface area contributed by atoms with Gasteiger partial charge in [0, 0.05) is 47.6 Å². The lowest BCUT2D eigenvalue weighted by molar-refractivity contribution is 0.554. The van der Waals surface area contributed by atoms with E-state index in [4.69, 9.17) is 4.98 Å². The van der Waals surface area contributed by atoms with Crippen molar-refractivity contribution in [2.45, 2.75) is 39.8 Å². The average Bonchev–Trinajstić information content (AvgIpc) is 3.25. The molecule has 0 radical (unpaired) electrons. The minimum Gasteiger partial charge on any atom is -0.333 e. The van der Waals surface area contributed by atoms with E-state index in [2.05, 4.69) is 77.4 Å². The maximum absolute atomic E-state index is 4.89. The van der Waals surface area contributed by atoms with E-state index in [0.717, 1.165) is 29.3 Å². The van der Waals surface area contributed by atoms with E-state index in [1.54, 1.807) is 6.20 Å². The Labute approximate surface area is 183 Å². The molecule has 0 aliphatic rings. The Balaban J connectivity index is 1.58. The summed E-state index contributed by atoms with van der Waals surface area (Å²) in [5.74, 6) is 1.47. The number of hydrogen-bond acceptors (Lipinski definition) is 5. The molecule has 0 atom stereocenters. The zero-order valence-electron chi connectivity index (χ0n) is 18.4. The maximum atomic E-state index is 4.89. The molecule has 0 amide bonds. The van der Waals surface area contributed by atoms with Crippen molar-refractivity contribution in [2.75, 3.05) is 10.2 Å². The molecule has 0 bridgehead atoms. The summed E-state index contributed by atoms with van der Waals surface area (Å²) in [5.41, 5.74) is 4.14. The number of aromatic nitrogens is 4. The van der Waals surface area contributed by atoms with Gasteiger partial charge in [-0.1, -0.05) is 30.3 Å². The molecule has 158 valence electrons. The van der Waals surface area contributed by atoms with Crippen LogP contribution in [0.2, 0.25) is 0 Å². The van der Waals surface area contributed by atoms with Crippen molar-refractivity contribution in [2.24, 2.45) is 0 Å². The van der Waals surface area contributed by atoms with Crippen LogP contribution in [0.1, 0.15) is 31.9 Å². The molecule has 0 fully saturated rings. The van der Waals surface area contributed by atoms with E-state index in [0.29, 0.717) is 5.95 Å². The van der Waals surface area contributed by atoms with Gasteiger partial charge in [-0.3, -0.25) is 0 Å². The van der Waals surface area contributed by atoms with Crippen molar-refractivity contribution in [1.82, 2.24) is 19.5 Å². The van der Waals surface area contributed by atoms with Crippen molar-refractivity contribution in [1.29, 1.82) is 0 Å². The fourth-order valence-corrected chi connectivity index (χ4v) is 3.54. The van der Waals surface area contributed by atoms with Crippen LogP contribution >= 0.6 is 0 Å². The van der Waals surface area contributed by atoms with Crippen LogP contribution in [0.5, 0.6) is 0 Å². The summed E-state index contributed by atoms with van der Waals surface area (Å²) in [6, 6.07) is 18.6. The predicted molar refractivity (Wildman–Crippen MR) is 126 cm³/mol. The molecule has 6 nitrogen and oxygen atoms in total. The lowest BCUT2D eigenvalue weighted by Gasteiger charge is -2.37. The van der Waals surface area contributed by atoms with Crippen LogP contribution in [0.25, 0.3) is 0 Å². The van der Waals surface area contributed by atoms with E-state index in [9.17, 15) is 0 Å². The fraction of sp³-hybridized carbons (Fsp3) is 0.240. The van der Waals surface area contributed by atoms with Gasteiger partial charge in [-0.05, 0) is 57.5 Å². The quantitative estimate of drug-likeness (QED) is 0.439. The van der Waals surface area contributed by atoms with E-state index < -0.39 is 0 Å². The highest BCUT2D eigenvalue weighted by atomic mass is 15.3. The summed E-state index contributed by atoms with van der Waals surface area (Å²) in [4.78, 5) is 15.7. The largest absolute Gasteiger partial charge is 0.333 e. The average molecular weight is 413 g/mol. The predicted octanol–water partition coefficient (Wildman–Crippen LogP) is 5.71. The molecule has 0 aliphatic heterocycles. The maximum Gasteiger partial charge on any atom is 0.229 e. The SMILES string of the molecule is Cc1cnc(Nc2ccc(Cn3ccnc3)cc2)nc1N(c1ccccc1)C(C)(C)C. The molecule has 0 saturated carbocycles. The van der Waals surface area contributed by atoms with Gasteiger partial charge < -0.3 is 14.8 Å². The Morgan fingerprint density at radius 2 is 1.74 bits per heavy atom. The van der Waals surface area contributed by atoms with Gasteiger partial charge in [0.05, 0.1) is 6.33 Å². The summed E-state index contributed by atoms with van der Waals surface area (Å²) < 4.78 is 2.04. The van der Waals surface area contributed by atoms with Crippen molar-refractivity contribution < 1.29 is 0 Å². The van der Waals surface area contributed by atoms with Crippen LogP contribution < -0.4 is 10.2 Å². The topological polar surface area (TPSA) is 58.9 Å². The van der Waals surface area contributed by atoms with E-state index >= 15 is 0 Å². The molecule has 0 unspecified atom stereocenters. The molecule has 2 heterocycles. The molecule has 31 heavy (non-hydrogen) atoms. The Morgan fingerprint density at radius 1 is 1.00 bits per heavy atom. The number of nitrogens with one attached hydrogen (secondary N) is 1. The summed E-state index contributed by atoms with van der Waals surface area (Å²) in [6.45, 7) is 9.41. The lowest BCUT2D eigenvalue weighted by atomic mass is 10.0. The van der Waals surface area contributed by atoms with Crippen LogP contribution in [-0.4, -0.2) is 25.1 Å². The number of hydrogen-bond donors (Lipinski definition) is 1. The molecule has 0 aliphatic carbocycles. The number of benzene rings is 2. The Morgan fingerprint density at radius 3 is 2.39 bits per heavy atom. The zero-order valence-corrected chi connectivity index (χ0v) is 18.4. The first-order valence-electron chi connectivity index (χ1n) is 10.4. The van der Waals surface area contributed by atoms with Gasteiger partial charge in [0.25, 0.3) is 0 Å². The van der Waals surface area contributed by atoms with Gasteiger partial charge in [-0.2, -0.15) is 4.98 Å². The molecule has 4 aromatic rings. The standard InChI is InChI=1S/C25H28N6/c1-19-16-27-24(28-21-12-10-20(11-13-21)17-30-15-14-26-18-30)29-23(19)31(25(2,3)4)22-8-6-5-7-9-22/h5-16,18H,17H2,1-4H3,(H,27,28,29). The molecular formula is C25H28N6. The summed E-state index contributed by atoms with van der Waals surface area (Å²) in [5, 5.41) is 3.35. The third-order valence-electron chi connectivity index (χ3n) is 4.98. The fourth-order valence-electron chi connectivity index (χ4n) is 3.54. The molecule has 6 heteroatoms. The van der Waals surface area contributed by atoms with Gasteiger partial charge >= 0.3 is 0 Å². The van der Waals surface area contributed by atoms with E-state index in [-0.39, 0.29) is 5.54 Å². The molecule has 4 rings (SSSR count). The van der Waals surface area contributed by atoms with Crippen LogP contribution in [0.3, 0.4) is 0 Å². The zero-order chi connectivity index (χ0) is 21.8. The Hall–Kier alpha value is -3.67. The number of aryl methyl sites for hydroxylation is 1. The normalized spacial score (nSPS) is 11.4. The smallest absolute Gasteiger partial charge is 0.229 e. The van der Waals surface area contributed by atoms with Crippen LogP contribution in [-0.2, 0) is 6.54 Å². The van der Waals surface area contributed by atoms with Gasteiger partial charge in [0.15, 0.2) is 0 Å². The van der Waals surface area contributed by atoms with Crippen molar-refractivity contribution >= 4 is 23.1 Å². The Kier molecular flexibility index (Phi) is 5.71. The summed E-state index contributed by atoms with van der Waals surface area (Å²) in [6.07, 6.45) is 7.45. The number of imidazole rings is 1. The first-order valence-corrected chi connectivity index (χ1v) is 10.4. The first kappa shape index (κ1) is 20.6. The second kappa shape index (κ2) is 8.60. The van der Waals surface area contributed by atoms with Crippen molar-refractivity contribution in [3.05, 3.63) is 90.6 Å². The number of anilines is 4. The second-order valence-electron chi connectivity index (χ2n) is 8.60. The number of nitrogens with zero attached hydrogens (tertiary/aromatic N) is 5. The Bertz CT molecular complexity index is 1110. The van der Waals surface area contributed by atoms with Gasteiger partial charge in [0.2, 0.25) is 5.95 Å². The highest BCUT2D eigenvalue weighted by molar-refractivity contribution is 5.66. The van der Waals surface area contributed by atoms with Crippen molar-refractivity contribution in [3.63, 3.8) is 0 Å². The van der Waals surface area contributed by atoms with Gasteiger partial charge in [-0.25, -0.2) is 9.97 Å². The minimum absolute atomic E-state index is 0.146. The molecule has 2 aromatic heterocycles. The molecule has 0 saturated heterocycles. The van der Waals surface area contributed by atoms with E-state index in [1.807, 2.05) is 48.4 Å². The minimum atomic E-state index is -0.146. The number of rotatable bonds is 6.